The number of aryl methyl sites for hydroxylation is 2. The van der Waals surface area contributed by atoms with Crippen molar-refractivity contribution < 1.29 is 0 Å². The predicted molar refractivity (Wildman–Crippen MR) is 91.8 cm³/mol. The van der Waals surface area contributed by atoms with Crippen LogP contribution in [0.3, 0.4) is 0 Å². The van der Waals surface area contributed by atoms with Gasteiger partial charge in [0.25, 0.3) is 0 Å². The Morgan fingerprint density at radius 2 is 1.95 bits per heavy atom. The topological polar surface area (TPSA) is 15.3 Å². The van der Waals surface area contributed by atoms with Crippen LogP contribution in [0.1, 0.15) is 55.8 Å². The Morgan fingerprint density at radius 1 is 1.24 bits per heavy atom. The second-order valence-electron chi connectivity index (χ2n) is 7.11. The number of hydrogen-bond acceptors (Lipinski definition) is 2. The molecule has 0 amide bonds. The Hall–Kier alpha value is -0.860. The maximum absolute atomic E-state index is 3.55. The van der Waals surface area contributed by atoms with Crippen LogP contribution in [0.5, 0.6) is 0 Å². The molecule has 0 spiro atoms. The lowest BCUT2D eigenvalue weighted by Gasteiger charge is -2.29. The van der Waals surface area contributed by atoms with Crippen molar-refractivity contribution in [3.05, 3.63) is 34.9 Å². The molecule has 2 rings (SSSR count). The summed E-state index contributed by atoms with van der Waals surface area (Å²) in [6, 6.07) is 8.10. The van der Waals surface area contributed by atoms with Gasteiger partial charge in [-0.3, -0.25) is 4.90 Å². The minimum absolute atomic E-state index is 0.442. The summed E-state index contributed by atoms with van der Waals surface area (Å²) in [5, 5.41) is 3.55. The molecule has 0 bridgehead atoms. The third-order valence-corrected chi connectivity index (χ3v) is 4.63. The van der Waals surface area contributed by atoms with E-state index in [1.807, 2.05) is 0 Å². The van der Waals surface area contributed by atoms with Gasteiger partial charge >= 0.3 is 0 Å². The molecule has 21 heavy (non-hydrogen) atoms. The zero-order valence-electron chi connectivity index (χ0n) is 14.4. The van der Waals surface area contributed by atoms with Gasteiger partial charge in [-0.25, -0.2) is 0 Å². The average Bonchev–Trinajstić information content (AvgIpc) is 3.26. The molecular formula is C19H32N2. The quantitative estimate of drug-likeness (QED) is 0.775. The molecule has 1 aromatic rings. The summed E-state index contributed by atoms with van der Waals surface area (Å²) in [7, 11) is 2.10. The molecule has 0 heterocycles. The number of nitrogens with one attached hydrogen (secondary N) is 1. The van der Waals surface area contributed by atoms with E-state index in [1.165, 1.54) is 42.5 Å². The van der Waals surface area contributed by atoms with Crippen LogP contribution in [-0.2, 0) is 0 Å². The van der Waals surface area contributed by atoms with E-state index in [1.54, 1.807) is 0 Å². The fourth-order valence-corrected chi connectivity index (χ4v) is 3.00. The van der Waals surface area contributed by atoms with E-state index in [0.29, 0.717) is 6.04 Å². The third kappa shape index (κ3) is 4.82. The highest BCUT2D eigenvalue weighted by Gasteiger charge is 2.30. The summed E-state index contributed by atoms with van der Waals surface area (Å²) in [5.74, 6) is 0.792. The van der Waals surface area contributed by atoms with Crippen LogP contribution in [0.25, 0.3) is 0 Å². The number of benzene rings is 1. The van der Waals surface area contributed by atoms with Gasteiger partial charge in [-0.15, -0.1) is 0 Å². The molecule has 1 aliphatic carbocycles. The Labute approximate surface area is 130 Å². The van der Waals surface area contributed by atoms with Gasteiger partial charge in [0.1, 0.15) is 0 Å². The van der Waals surface area contributed by atoms with Gasteiger partial charge in [0.2, 0.25) is 0 Å². The molecule has 1 aliphatic rings. The first-order chi connectivity index (χ1) is 10.0. The van der Waals surface area contributed by atoms with Crippen molar-refractivity contribution in [1.29, 1.82) is 0 Å². The highest BCUT2D eigenvalue weighted by atomic mass is 15.2. The SMILES string of the molecule is CNC(CN(CCC(C)C)C1CC1)c1cc(C)ccc1C. The molecule has 1 N–H and O–H groups in total. The molecule has 1 atom stereocenters. The monoisotopic (exact) mass is 288 g/mol. The van der Waals surface area contributed by atoms with Crippen molar-refractivity contribution in [3.63, 3.8) is 0 Å². The summed E-state index contributed by atoms with van der Waals surface area (Å²) in [6.45, 7) is 11.4. The van der Waals surface area contributed by atoms with Gasteiger partial charge in [-0.1, -0.05) is 37.6 Å². The van der Waals surface area contributed by atoms with Crippen molar-refractivity contribution >= 4 is 0 Å². The molecule has 2 nitrogen and oxygen atoms in total. The standard InChI is InChI=1S/C19H32N2/c1-14(2)10-11-21(17-8-9-17)13-19(20-5)18-12-15(3)6-7-16(18)4/h6-7,12,14,17,19-20H,8-11,13H2,1-5H3. The lowest BCUT2D eigenvalue weighted by Crippen LogP contribution is -2.36. The average molecular weight is 288 g/mol. The van der Waals surface area contributed by atoms with Crippen LogP contribution < -0.4 is 5.32 Å². The van der Waals surface area contributed by atoms with Crippen molar-refractivity contribution in [2.75, 3.05) is 20.1 Å². The minimum Gasteiger partial charge on any atom is -0.312 e. The second-order valence-corrected chi connectivity index (χ2v) is 7.11. The molecular weight excluding hydrogens is 256 g/mol. The minimum atomic E-state index is 0.442. The number of hydrogen-bond donors (Lipinski definition) is 1. The van der Waals surface area contributed by atoms with E-state index in [9.17, 15) is 0 Å². The molecule has 0 saturated heterocycles. The fourth-order valence-electron chi connectivity index (χ4n) is 3.00. The number of rotatable bonds is 8. The highest BCUT2D eigenvalue weighted by Crippen LogP contribution is 2.30. The third-order valence-electron chi connectivity index (χ3n) is 4.63. The Kier molecular flexibility index (Phi) is 5.83. The smallest absolute Gasteiger partial charge is 0.0449 e. The largest absolute Gasteiger partial charge is 0.312 e. The van der Waals surface area contributed by atoms with Crippen LogP contribution in [-0.4, -0.2) is 31.1 Å². The predicted octanol–water partition coefficient (Wildman–Crippen LogP) is 4.07. The van der Waals surface area contributed by atoms with Gasteiger partial charge in [-0.2, -0.15) is 0 Å². The van der Waals surface area contributed by atoms with E-state index in [-0.39, 0.29) is 0 Å². The molecule has 1 unspecified atom stereocenters. The van der Waals surface area contributed by atoms with Crippen LogP contribution >= 0.6 is 0 Å². The maximum atomic E-state index is 3.55. The summed E-state index contributed by atoms with van der Waals surface area (Å²) in [6.07, 6.45) is 4.09. The summed E-state index contributed by atoms with van der Waals surface area (Å²) >= 11 is 0. The Bertz CT molecular complexity index is 449. The van der Waals surface area contributed by atoms with E-state index in [0.717, 1.165) is 18.5 Å². The summed E-state index contributed by atoms with van der Waals surface area (Å²) in [5.41, 5.74) is 4.23. The maximum Gasteiger partial charge on any atom is 0.0449 e. The lowest BCUT2D eigenvalue weighted by atomic mass is 9.98. The second kappa shape index (κ2) is 7.42. The molecule has 2 heteroatoms. The van der Waals surface area contributed by atoms with Gasteiger partial charge in [0.05, 0.1) is 0 Å². The van der Waals surface area contributed by atoms with Crippen molar-refractivity contribution in [1.82, 2.24) is 10.2 Å². The van der Waals surface area contributed by atoms with Gasteiger partial charge in [-0.05, 0) is 63.7 Å². The first kappa shape index (κ1) is 16.5. The number of nitrogens with zero attached hydrogens (tertiary/aromatic N) is 1. The molecule has 1 aromatic carbocycles. The van der Waals surface area contributed by atoms with Gasteiger partial charge in [0, 0.05) is 18.6 Å². The van der Waals surface area contributed by atoms with Crippen molar-refractivity contribution in [2.45, 2.75) is 59.0 Å². The summed E-state index contributed by atoms with van der Waals surface area (Å²) < 4.78 is 0. The first-order valence-corrected chi connectivity index (χ1v) is 8.49. The lowest BCUT2D eigenvalue weighted by molar-refractivity contribution is 0.224. The van der Waals surface area contributed by atoms with Gasteiger partial charge in [0.15, 0.2) is 0 Å². The van der Waals surface area contributed by atoms with E-state index in [2.05, 4.69) is 63.2 Å². The zero-order valence-corrected chi connectivity index (χ0v) is 14.4. The zero-order chi connectivity index (χ0) is 15.4. The Morgan fingerprint density at radius 3 is 2.52 bits per heavy atom. The van der Waals surface area contributed by atoms with Crippen LogP contribution in [0, 0.1) is 19.8 Å². The molecule has 118 valence electrons. The van der Waals surface area contributed by atoms with Crippen LogP contribution in [0.2, 0.25) is 0 Å². The number of likely N-dealkylation sites (N-methyl/N-ethyl adjacent to an activating group) is 1. The van der Waals surface area contributed by atoms with E-state index >= 15 is 0 Å². The fraction of sp³-hybridized carbons (Fsp3) is 0.684. The van der Waals surface area contributed by atoms with Crippen molar-refractivity contribution in [2.24, 2.45) is 5.92 Å². The Balaban J connectivity index is 2.07. The molecule has 0 radical (unpaired) electrons. The highest BCUT2D eigenvalue weighted by molar-refractivity contribution is 5.33. The van der Waals surface area contributed by atoms with Crippen LogP contribution in [0.15, 0.2) is 18.2 Å². The molecule has 0 aliphatic heterocycles. The molecule has 1 saturated carbocycles. The molecule has 1 fully saturated rings. The van der Waals surface area contributed by atoms with Crippen LogP contribution in [0.4, 0.5) is 0 Å². The normalized spacial score (nSPS) is 16.7. The first-order valence-electron chi connectivity index (χ1n) is 8.49. The van der Waals surface area contributed by atoms with Crippen molar-refractivity contribution in [3.8, 4) is 0 Å². The summed E-state index contributed by atoms with van der Waals surface area (Å²) in [4.78, 5) is 2.71. The molecule has 0 aromatic heterocycles. The van der Waals surface area contributed by atoms with E-state index < -0.39 is 0 Å². The van der Waals surface area contributed by atoms with E-state index in [4.69, 9.17) is 0 Å². The van der Waals surface area contributed by atoms with Gasteiger partial charge < -0.3 is 5.32 Å².